The van der Waals surface area contributed by atoms with E-state index in [1.165, 1.54) is 23.8 Å². The summed E-state index contributed by atoms with van der Waals surface area (Å²) in [7, 11) is 0. The lowest BCUT2D eigenvalue weighted by molar-refractivity contribution is -0.137. The average molecular weight is 331 g/mol. The number of nitrogens with zero attached hydrogens (tertiary/aromatic N) is 1. The van der Waals surface area contributed by atoms with Gasteiger partial charge in [-0.05, 0) is 41.3 Å². The third-order valence-electron chi connectivity index (χ3n) is 4.07. The van der Waals surface area contributed by atoms with Crippen molar-refractivity contribution in [2.75, 3.05) is 6.54 Å². The predicted octanol–water partition coefficient (Wildman–Crippen LogP) is 4.30. The van der Waals surface area contributed by atoms with Gasteiger partial charge in [0.2, 0.25) is 5.91 Å². The van der Waals surface area contributed by atoms with Gasteiger partial charge in [0.05, 0.1) is 5.56 Å². The summed E-state index contributed by atoms with van der Waals surface area (Å²) in [6, 6.07) is 12.9. The van der Waals surface area contributed by atoms with Gasteiger partial charge in [0.1, 0.15) is 0 Å². The van der Waals surface area contributed by atoms with Crippen molar-refractivity contribution in [2.24, 2.45) is 0 Å². The fraction of sp³-hybridized carbons (Fsp3) is 0.211. The van der Waals surface area contributed by atoms with Crippen LogP contribution in [-0.4, -0.2) is 17.4 Å². The SMILES string of the molecule is O=C(C=Cc1cccc(C(F)(F)F)c1)N1CCc2ccccc2C1. The first-order valence-electron chi connectivity index (χ1n) is 7.64. The van der Waals surface area contributed by atoms with Crippen LogP contribution in [0.2, 0.25) is 0 Å². The molecule has 0 atom stereocenters. The van der Waals surface area contributed by atoms with E-state index in [-0.39, 0.29) is 5.91 Å². The Morgan fingerprint density at radius 2 is 1.79 bits per heavy atom. The number of hydrogen-bond donors (Lipinski definition) is 0. The second-order valence-corrected chi connectivity index (χ2v) is 5.74. The normalized spacial score (nSPS) is 14.7. The summed E-state index contributed by atoms with van der Waals surface area (Å²) in [4.78, 5) is 14.0. The zero-order chi connectivity index (χ0) is 17.2. The minimum absolute atomic E-state index is 0.193. The van der Waals surface area contributed by atoms with Crippen molar-refractivity contribution in [3.63, 3.8) is 0 Å². The molecule has 1 aliphatic rings. The smallest absolute Gasteiger partial charge is 0.334 e. The fourth-order valence-electron chi connectivity index (χ4n) is 2.78. The summed E-state index contributed by atoms with van der Waals surface area (Å²) in [5.74, 6) is -0.193. The van der Waals surface area contributed by atoms with Crippen molar-refractivity contribution in [1.82, 2.24) is 4.90 Å². The van der Waals surface area contributed by atoms with Gasteiger partial charge in [0.25, 0.3) is 0 Å². The van der Waals surface area contributed by atoms with Crippen molar-refractivity contribution < 1.29 is 18.0 Å². The van der Waals surface area contributed by atoms with Crippen LogP contribution in [0.25, 0.3) is 6.08 Å². The van der Waals surface area contributed by atoms with Gasteiger partial charge in [0.15, 0.2) is 0 Å². The highest BCUT2D eigenvalue weighted by molar-refractivity contribution is 5.92. The molecule has 0 aliphatic carbocycles. The first-order chi connectivity index (χ1) is 11.4. The number of rotatable bonds is 2. The molecule has 0 fully saturated rings. The number of hydrogen-bond acceptors (Lipinski definition) is 1. The molecular formula is C19H16F3NO. The van der Waals surface area contributed by atoms with E-state index < -0.39 is 11.7 Å². The Labute approximate surface area is 138 Å². The second-order valence-electron chi connectivity index (χ2n) is 5.74. The molecule has 0 radical (unpaired) electrons. The maximum atomic E-state index is 12.7. The van der Waals surface area contributed by atoms with E-state index >= 15 is 0 Å². The van der Waals surface area contributed by atoms with Gasteiger partial charge in [-0.1, -0.05) is 36.4 Å². The number of benzene rings is 2. The van der Waals surface area contributed by atoms with Crippen LogP contribution in [0.3, 0.4) is 0 Å². The molecule has 2 aromatic rings. The minimum atomic E-state index is -4.38. The van der Waals surface area contributed by atoms with Crippen molar-refractivity contribution in [3.8, 4) is 0 Å². The molecule has 0 saturated heterocycles. The largest absolute Gasteiger partial charge is 0.416 e. The Hall–Kier alpha value is -2.56. The zero-order valence-electron chi connectivity index (χ0n) is 12.9. The summed E-state index contributed by atoms with van der Waals surface area (Å²) in [5.41, 5.74) is 1.99. The molecule has 1 aliphatic heterocycles. The summed E-state index contributed by atoms with van der Waals surface area (Å²) in [5, 5.41) is 0. The molecule has 1 heterocycles. The summed E-state index contributed by atoms with van der Waals surface area (Å²) < 4.78 is 38.1. The molecule has 3 rings (SSSR count). The highest BCUT2D eigenvalue weighted by Gasteiger charge is 2.30. The third kappa shape index (κ3) is 3.67. The van der Waals surface area contributed by atoms with E-state index in [2.05, 4.69) is 6.07 Å². The van der Waals surface area contributed by atoms with Gasteiger partial charge in [0, 0.05) is 19.2 Å². The molecule has 0 spiro atoms. The Bertz CT molecular complexity index is 780. The monoisotopic (exact) mass is 331 g/mol. The molecule has 0 aromatic heterocycles. The number of alkyl halides is 3. The van der Waals surface area contributed by atoms with Crippen LogP contribution in [0.15, 0.2) is 54.6 Å². The van der Waals surface area contributed by atoms with E-state index in [1.54, 1.807) is 11.0 Å². The van der Waals surface area contributed by atoms with Crippen molar-refractivity contribution in [2.45, 2.75) is 19.1 Å². The van der Waals surface area contributed by atoms with Crippen LogP contribution in [0.4, 0.5) is 13.2 Å². The van der Waals surface area contributed by atoms with Gasteiger partial charge in [-0.25, -0.2) is 0 Å². The van der Waals surface area contributed by atoms with Crippen molar-refractivity contribution in [1.29, 1.82) is 0 Å². The van der Waals surface area contributed by atoms with E-state index in [4.69, 9.17) is 0 Å². The highest BCUT2D eigenvalue weighted by Crippen LogP contribution is 2.29. The standard InChI is InChI=1S/C19H16F3NO/c20-19(21,22)17-7-3-4-14(12-17)8-9-18(24)23-11-10-15-5-1-2-6-16(15)13-23/h1-9,12H,10-11,13H2. The van der Waals surface area contributed by atoms with Crippen molar-refractivity contribution in [3.05, 3.63) is 76.9 Å². The van der Waals surface area contributed by atoms with Crippen LogP contribution < -0.4 is 0 Å². The first kappa shape index (κ1) is 16.3. The fourth-order valence-corrected chi connectivity index (χ4v) is 2.78. The van der Waals surface area contributed by atoms with Crippen LogP contribution in [0.5, 0.6) is 0 Å². The number of carbonyl (C=O) groups excluding carboxylic acids is 1. The first-order valence-corrected chi connectivity index (χ1v) is 7.64. The van der Waals surface area contributed by atoms with E-state index in [0.29, 0.717) is 18.7 Å². The van der Waals surface area contributed by atoms with Crippen molar-refractivity contribution >= 4 is 12.0 Å². The molecule has 0 saturated carbocycles. The van der Waals surface area contributed by atoms with Gasteiger partial charge < -0.3 is 4.90 Å². The maximum absolute atomic E-state index is 12.7. The number of halogens is 3. The summed E-state index contributed by atoms with van der Waals surface area (Å²) in [6.07, 6.45) is -0.828. The lowest BCUT2D eigenvalue weighted by atomic mass is 10.00. The van der Waals surface area contributed by atoms with Crippen LogP contribution >= 0.6 is 0 Å². The van der Waals surface area contributed by atoms with Crippen LogP contribution in [0.1, 0.15) is 22.3 Å². The lowest BCUT2D eigenvalue weighted by Gasteiger charge is -2.27. The Morgan fingerprint density at radius 3 is 2.54 bits per heavy atom. The van der Waals surface area contributed by atoms with Gasteiger partial charge >= 0.3 is 6.18 Å². The van der Waals surface area contributed by atoms with E-state index in [0.717, 1.165) is 24.1 Å². The zero-order valence-corrected chi connectivity index (χ0v) is 12.9. The third-order valence-corrected chi connectivity index (χ3v) is 4.07. The molecule has 1 amide bonds. The van der Waals surface area contributed by atoms with E-state index in [1.807, 2.05) is 18.2 Å². The molecular weight excluding hydrogens is 315 g/mol. The van der Waals surface area contributed by atoms with E-state index in [9.17, 15) is 18.0 Å². The van der Waals surface area contributed by atoms with Gasteiger partial charge in [-0.2, -0.15) is 13.2 Å². The predicted molar refractivity (Wildman–Crippen MR) is 86.0 cm³/mol. The molecule has 2 nitrogen and oxygen atoms in total. The molecule has 0 bridgehead atoms. The average Bonchev–Trinajstić information content (AvgIpc) is 2.59. The molecule has 124 valence electrons. The lowest BCUT2D eigenvalue weighted by Crippen LogP contribution is -2.34. The molecule has 24 heavy (non-hydrogen) atoms. The molecule has 2 aromatic carbocycles. The number of carbonyl (C=O) groups is 1. The Balaban J connectivity index is 1.70. The molecule has 0 N–H and O–H groups in total. The van der Waals surface area contributed by atoms with Gasteiger partial charge in [-0.3, -0.25) is 4.79 Å². The topological polar surface area (TPSA) is 20.3 Å². The summed E-state index contributed by atoms with van der Waals surface area (Å²) >= 11 is 0. The van der Waals surface area contributed by atoms with Gasteiger partial charge in [-0.15, -0.1) is 0 Å². The maximum Gasteiger partial charge on any atom is 0.416 e. The molecule has 0 unspecified atom stereocenters. The Morgan fingerprint density at radius 1 is 1.04 bits per heavy atom. The number of amides is 1. The molecule has 5 heteroatoms. The summed E-state index contributed by atoms with van der Waals surface area (Å²) in [6.45, 7) is 1.14. The highest BCUT2D eigenvalue weighted by atomic mass is 19.4. The Kier molecular flexibility index (Phi) is 4.42. The number of fused-ring (bicyclic) bond motifs is 1. The second kappa shape index (κ2) is 6.51. The van der Waals surface area contributed by atoms with Crippen LogP contribution in [-0.2, 0) is 23.9 Å². The minimum Gasteiger partial charge on any atom is -0.334 e. The quantitative estimate of drug-likeness (QED) is 0.751. The van der Waals surface area contributed by atoms with Crippen LogP contribution in [0, 0.1) is 0 Å².